The molecule has 0 bridgehead atoms. The summed E-state index contributed by atoms with van der Waals surface area (Å²) in [6.07, 6.45) is 4.57. The predicted molar refractivity (Wildman–Crippen MR) is 89.4 cm³/mol. The molecule has 0 radical (unpaired) electrons. The Kier molecular flexibility index (Phi) is 5.03. The molecule has 1 aliphatic rings. The van der Waals surface area contributed by atoms with E-state index in [4.69, 9.17) is 0 Å². The van der Waals surface area contributed by atoms with Gasteiger partial charge in [0.1, 0.15) is 5.78 Å². The monoisotopic (exact) mass is 289 g/mol. The summed E-state index contributed by atoms with van der Waals surface area (Å²) < 4.78 is 0. The van der Waals surface area contributed by atoms with Crippen molar-refractivity contribution in [3.05, 3.63) is 29.8 Å². The Balaban J connectivity index is 1.92. The quantitative estimate of drug-likeness (QED) is 0.760. The molecule has 0 atom stereocenters. The van der Waals surface area contributed by atoms with E-state index in [-0.39, 0.29) is 0 Å². The lowest BCUT2D eigenvalue weighted by molar-refractivity contribution is -0.116. The molecule has 0 saturated carbocycles. The molecule has 1 saturated heterocycles. The van der Waals surface area contributed by atoms with Crippen LogP contribution in [0.3, 0.4) is 0 Å². The fourth-order valence-electron chi connectivity index (χ4n) is 2.86. The van der Waals surface area contributed by atoms with E-state index in [0.29, 0.717) is 12.2 Å². The van der Waals surface area contributed by atoms with E-state index in [0.717, 1.165) is 11.6 Å². The first-order valence-electron chi connectivity index (χ1n) is 7.80. The first-order valence-corrected chi connectivity index (χ1v) is 11.5. The van der Waals surface area contributed by atoms with Gasteiger partial charge in [0.15, 0.2) is 0 Å². The summed E-state index contributed by atoms with van der Waals surface area (Å²) in [5.41, 5.74) is 2.47. The van der Waals surface area contributed by atoms with Crippen LogP contribution in [0, 0.1) is 0 Å². The molecule has 0 spiro atoms. The van der Waals surface area contributed by atoms with Crippen LogP contribution in [-0.2, 0) is 11.2 Å². The number of Topliss-reactive ketones (excluding diaryl/α,β-unsaturated/α-hetero) is 1. The van der Waals surface area contributed by atoms with Crippen molar-refractivity contribution in [1.29, 1.82) is 0 Å². The number of benzene rings is 1. The second-order valence-corrected chi connectivity index (χ2v) is 12.6. The molecule has 1 fully saturated rings. The van der Waals surface area contributed by atoms with E-state index in [1.807, 2.05) is 0 Å². The van der Waals surface area contributed by atoms with Gasteiger partial charge in [-0.3, -0.25) is 4.79 Å². The Labute approximate surface area is 124 Å². The molecule has 3 heteroatoms. The third kappa shape index (κ3) is 4.78. The molecule has 0 amide bonds. The maximum absolute atomic E-state index is 12.0. The maximum Gasteiger partial charge on any atom is 0.134 e. The van der Waals surface area contributed by atoms with Gasteiger partial charge in [-0.05, 0) is 37.0 Å². The number of hydrogen-bond acceptors (Lipinski definition) is 2. The summed E-state index contributed by atoms with van der Waals surface area (Å²) in [7, 11) is -1.27. The lowest BCUT2D eigenvalue weighted by atomic mass is 10.1. The number of ketones is 1. The van der Waals surface area contributed by atoms with E-state index in [1.165, 1.54) is 38.0 Å². The third-order valence-electron chi connectivity index (χ3n) is 3.79. The number of piperidine rings is 1. The minimum Gasteiger partial charge on any atom is -0.372 e. The van der Waals surface area contributed by atoms with Crippen molar-refractivity contribution in [2.24, 2.45) is 0 Å². The smallest absolute Gasteiger partial charge is 0.134 e. The molecule has 1 heterocycles. The van der Waals surface area contributed by atoms with Crippen molar-refractivity contribution < 1.29 is 4.79 Å². The van der Waals surface area contributed by atoms with Crippen LogP contribution in [-0.4, -0.2) is 26.9 Å². The summed E-state index contributed by atoms with van der Waals surface area (Å²) in [6, 6.07) is 9.42. The predicted octanol–water partition coefficient (Wildman–Crippen LogP) is 4.13. The Bertz CT molecular complexity index is 441. The Hall–Kier alpha value is -1.09. The second-order valence-electron chi connectivity index (χ2n) is 7.17. The van der Waals surface area contributed by atoms with Crippen LogP contribution in [0.4, 0.5) is 5.69 Å². The lowest BCUT2D eigenvalue weighted by Gasteiger charge is -2.28. The van der Waals surface area contributed by atoms with Crippen LogP contribution in [0.5, 0.6) is 0 Å². The highest BCUT2D eigenvalue weighted by atomic mass is 28.3. The SMILES string of the molecule is C[Si](C)(C)CC(=O)Cc1ccc(N2CCCCC2)cc1. The number of hydrogen-bond donors (Lipinski definition) is 0. The van der Waals surface area contributed by atoms with Gasteiger partial charge in [0.25, 0.3) is 0 Å². The van der Waals surface area contributed by atoms with Crippen molar-refractivity contribution in [1.82, 2.24) is 0 Å². The molecule has 2 nitrogen and oxygen atoms in total. The number of carbonyl (C=O) groups is 1. The second kappa shape index (κ2) is 6.57. The van der Waals surface area contributed by atoms with Gasteiger partial charge in [0.05, 0.1) is 8.07 Å². The van der Waals surface area contributed by atoms with Crippen LogP contribution >= 0.6 is 0 Å². The Morgan fingerprint density at radius 1 is 1.05 bits per heavy atom. The standard InChI is InChI=1S/C17H27NOSi/c1-20(2,3)14-17(19)13-15-7-9-16(10-8-15)18-11-5-4-6-12-18/h7-10H,4-6,11-14H2,1-3H3. The van der Waals surface area contributed by atoms with Gasteiger partial charge in [0.2, 0.25) is 0 Å². The van der Waals surface area contributed by atoms with Gasteiger partial charge < -0.3 is 4.90 Å². The molecule has 0 aliphatic carbocycles. The molecule has 0 aromatic heterocycles. The molecule has 20 heavy (non-hydrogen) atoms. The molecular weight excluding hydrogens is 262 g/mol. The fraction of sp³-hybridized carbons (Fsp3) is 0.588. The summed E-state index contributed by atoms with van der Waals surface area (Å²) in [5.74, 6) is 0.398. The lowest BCUT2D eigenvalue weighted by Crippen LogP contribution is -2.29. The minimum atomic E-state index is -1.27. The average molecular weight is 289 g/mol. The minimum absolute atomic E-state index is 0.398. The van der Waals surface area contributed by atoms with Crippen molar-refractivity contribution in [2.75, 3.05) is 18.0 Å². The van der Waals surface area contributed by atoms with Crippen LogP contribution in [0.25, 0.3) is 0 Å². The first-order chi connectivity index (χ1) is 9.44. The van der Waals surface area contributed by atoms with Crippen molar-refractivity contribution in [3.63, 3.8) is 0 Å². The van der Waals surface area contributed by atoms with E-state index >= 15 is 0 Å². The van der Waals surface area contributed by atoms with E-state index in [1.54, 1.807) is 0 Å². The number of anilines is 1. The average Bonchev–Trinajstić information content (AvgIpc) is 2.38. The van der Waals surface area contributed by atoms with E-state index < -0.39 is 8.07 Å². The zero-order chi connectivity index (χ0) is 14.6. The van der Waals surface area contributed by atoms with Crippen LogP contribution in [0.1, 0.15) is 24.8 Å². The normalized spacial score (nSPS) is 16.2. The van der Waals surface area contributed by atoms with Crippen LogP contribution in [0.15, 0.2) is 24.3 Å². The highest BCUT2D eigenvalue weighted by Gasteiger charge is 2.18. The molecule has 1 aromatic carbocycles. The zero-order valence-corrected chi connectivity index (χ0v) is 14.1. The highest BCUT2D eigenvalue weighted by Crippen LogP contribution is 2.21. The van der Waals surface area contributed by atoms with Crippen molar-refractivity contribution >= 4 is 19.5 Å². The Morgan fingerprint density at radius 2 is 1.65 bits per heavy atom. The number of carbonyl (C=O) groups excluding carboxylic acids is 1. The molecular formula is C17H27NOSi. The topological polar surface area (TPSA) is 20.3 Å². The first kappa shape index (κ1) is 15.3. The summed E-state index contributed by atoms with van der Waals surface area (Å²) in [4.78, 5) is 14.5. The number of nitrogens with zero attached hydrogens (tertiary/aromatic N) is 1. The highest BCUT2D eigenvalue weighted by molar-refractivity contribution is 6.78. The number of rotatable bonds is 5. The zero-order valence-electron chi connectivity index (χ0n) is 13.1. The largest absolute Gasteiger partial charge is 0.372 e. The van der Waals surface area contributed by atoms with Gasteiger partial charge >= 0.3 is 0 Å². The Morgan fingerprint density at radius 3 is 2.20 bits per heavy atom. The fourth-order valence-corrected chi connectivity index (χ4v) is 4.17. The molecule has 0 N–H and O–H groups in total. The maximum atomic E-state index is 12.0. The van der Waals surface area contributed by atoms with Gasteiger partial charge in [-0.15, -0.1) is 0 Å². The van der Waals surface area contributed by atoms with E-state index in [9.17, 15) is 4.79 Å². The molecule has 1 aromatic rings. The summed E-state index contributed by atoms with van der Waals surface area (Å²) >= 11 is 0. The van der Waals surface area contributed by atoms with Crippen LogP contribution in [0.2, 0.25) is 25.7 Å². The molecule has 2 rings (SSSR count). The third-order valence-corrected chi connectivity index (χ3v) is 5.24. The van der Waals surface area contributed by atoms with Crippen molar-refractivity contribution in [3.8, 4) is 0 Å². The summed E-state index contributed by atoms with van der Waals surface area (Å²) in [6.45, 7) is 9.11. The van der Waals surface area contributed by atoms with Gasteiger partial charge in [-0.25, -0.2) is 0 Å². The van der Waals surface area contributed by atoms with E-state index in [2.05, 4.69) is 48.8 Å². The van der Waals surface area contributed by atoms with Crippen LogP contribution < -0.4 is 4.90 Å². The van der Waals surface area contributed by atoms with Gasteiger partial charge in [0, 0.05) is 31.2 Å². The molecule has 1 aliphatic heterocycles. The molecule has 110 valence electrons. The van der Waals surface area contributed by atoms with Crippen molar-refractivity contribution in [2.45, 2.75) is 51.4 Å². The van der Waals surface area contributed by atoms with Gasteiger partial charge in [-0.2, -0.15) is 0 Å². The molecule has 0 unspecified atom stereocenters. The van der Waals surface area contributed by atoms with Gasteiger partial charge in [-0.1, -0.05) is 31.8 Å². The summed E-state index contributed by atoms with van der Waals surface area (Å²) in [5, 5.41) is 0.